The summed E-state index contributed by atoms with van der Waals surface area (Å²) < 4.78 is 5.23. The second-order valence-electron chi connectivity index (χ2n) is 6.75. The number of hydrogen-bond donors (Lipinski definition) is 1. The molecule has 0 atom stereocenters. The van der Waals surface area contributed by atoms with E-state index in [2.05, 4.69) is 10.2 Å². The first-order valence-electron chi connectivity index (χ1n) is 7.22. The van der Waals surface area contributed by atoms with E-state index in [0.717, 1.165) is 25.9 Å². The number of rotatable bonds is 2. The minimum Gasteiger partial charge on any atom is -0.444 e. The van der Waals surface area contributed by atoms with Crippen molar-refractivity contribution in [1.82, 2.24) is 15.1 Å². The number of piperazine rings is 1. The lowest BCUT2D eigenvalue weighted by molar-refractivity contribution is -0.136. The fourth-order valence-electron chi connectivity index (χ4n) is 2.57. The predicted octanol–water partition coefficient (Wildman–Crippen LogP) is 0.816. The van der Waals surface area contributed by atoms with Crippen molar-refractivity contribution in [3.8, 4) is 0 Å². The van der Waals surface area contributed by atoms with Crippen LogP contribution < -0.4 is 5.32 Å². The molecule has 0 bridgehead atoms. The highest BCUT2D eigenvalue weighted by Crippen LogP contribution is 2.27. The van der Waals surface area contributed by atoms with Crippen molar-refractivity contribution in [2.75, 3.05) is 26.7 Å². The molecule has 0 spiro atoms. The van der Waals surface area contributed by atoms with Crippen molar-refractivity contribution < 1.29 is 14.3 Å². The summed E-state index contributed by atoms with van der Waals surface area (Å²) >= 11 is 0. The van der Waals surface area contributed by atoms with E-state index in [0.29, 0.717) is 12.6 Å². The molecule has 0 unspecified atom stereocenters. The summed E-state index contributed by atoms with van der Waals surface area (Å²) in [5, 5.41) is 2.88. The third-order valence-electron chi connectivity index (χ3n) is 3.84. The number of nitrogens with one attached hydrogen (secondary N) is 1. The van der Waals surface area contributed by atoms with Gasteiger partial charge in [-0.15, -0.1) is 0 Å². The maximum atomic E-state index is 11.7. The van der Waals surface area contributed by atoms with Gasteiger partial charge < -0.3 is 15.0 Å². The number of ether oxygens (including phenoxy) is 1. The summed E-state index contributed by atoms with van der Waals surface area (Å²) in [6.45, 7) is 7.77. The zero-order valence-corrected chi connectivity index (χ0v) is 12.8. The molecule has 0 radical (unpaired) electrons. The lowest BCUT2D eigenvalue weighted by Crippen LogP contribution is -2.59. The van der Waals surface area contributed by atoms with E-state index >= 15 is 0 Å². The van der Waals surface area contributed by atoms with Crippen molar-refractivity contribution in [3.63, 3.8) is 0 Å². The second-order valence-corrected chi connectivity index (χ2v) is 6.75. The van der Waals surface area contributed by atoms with Gasteiger partial charge in [-0.05, 0) is 33.6 Å². The quantitative estimate of drug-likeness (QED) is 0.815. The van der Waals surface area contributed by atoms with E-state index in [1.54, 1.807) is 4.90 Å². The highest BCUT2D eigenvalue weighted by molar-refractivity contribution is 5.78. The minimum atomic E-state index is -0.461. The van der Waals surface area contributed by atoms with Gasteiger partial charge in [-0.25, -0.2) is 4.79 Å². The van der Waals surface area contributed by atoms with Crippen LogP contribution in [0.25, 0.3) is 0 Å². The Bertz CT molecular complexity index is 386. The summed E-state index contributed by atoms with van der Waals surface area (Å²) in [5.41, 5.74) is -0.461. The van der Waals surface area contributed by atoms with E-state index in [-0.39, 0.29) is 18.0 Å². The van der Waals surface area contributed by atoms with Gasteiger partial charge >= 0.3 is 6.09 Å². The van der Waals surface area contributed by atoms with E-state index in [1.165, 1.54) is 0 Å². The molecule has 0 aromatic rings. The fourth-order valence-corrected chi connectivity index (χ4v) is 2.57. The van der Waals surface area contributed by atoms with Gasteiger partial charge in [-0.2, -0.15) is 0 Å². The van der Waals surface area contributed by atoms with Gasteiger partial charge in [-0.3, -0.25) is 9.69 Å². The largest absolute Gasteiger partial charge is 0.444 e. The number of carbonyl (C=O) groups is 2. The summed E-state index contributed by atoms with van der Waals surface area (Å²) in [7, 11) is 1.84. The van der Waals surface area contributed by atoms with Crippen molar-refractivity contribution in [1.29, 1.82) is 0 Å². The van der Waals surface area contributed by atoms with Crippen LogP contribution in [0.5, 0.6) is 0 Å². The average molecular weight is 283 g/mol. The van der Waals surface area contributed by atoms with Gasteiger partial charge in [0.25, 0.3) is 0 Å². The predicted molar refractivity (Wildman–Crippen MR) is 75.4 cm³/mol. The molecule has 1 aliphatic carbocycles. The van der Waals surface area contributed by atoms with Crippen LogP contribution in [0.2, 0.25) is 0 Å². The second kappa shape index (κ2) is 5.60. The molecular formula is C14H25N3O3. The maximum Gasteiger partial charge on any atom is 0.407 e. The Kier molecular flexibility index (Phi) is 4.22. The Hall–Kier alpha value is -1.30. The zero-order chi connectivity index (χ0) is 14.9. The number of carbonyl (C=O) groups excluding carboxylic acids is 2. The molecule has 0 aromatic carbocycles. The SMILES string of the molecule is CN1CCN(C2CC(NC(=O)OC(C)(C)C)C2)CC1=O. The molecule has 6 nitrogen and oxygen atoms in total. The maximum absolute atomic E-state index is 11.7. The van der Waals surface area contributed by atoms with Crippen LogP contribution in [0.3, 0.4) is 0 Å². The van der Waals surface area contributed by atoms with Crippen LogP contribution >= 0.6 is 0 Å². The summed E-state index contributed by atoms with van der Waals surface area (Å²) in [4.78, 5) is 27.3. The number of nitrogens with zero attached hydrogens (tertiary/aromatic N) is 2. The Labute approximate surface area is 120 Å². The van der Waals surface area contributed by atoms with Crippen molar-refractivity contribution >= 4 is 12.0 Å². The number of hydrogen-bond acceptors (Lipinski definition) is 4. The molecule has 6 heteroatoms. The van der Waals surface area contributed by atoms with Crippen LogP contribution in [-0.2, 0) is 9.53 Å². The first-order valence-corrected chi connectivity index (χ1v) is 7.22. The van der Waals surface area contributed by atoms with Gasteiger partial charge in [0, 0.05) is 32.2 Å². The lowest BCUT2D eigenvalue weighted by Gasteiger charge is -2.45. The highest BCUT2D eigenvalue weighted by Gasteiger charge is 2.37. The third-order valence-corrected chi connectivity index (χ3v) is 3.84. The number of likely N-dealkylation sites (N-methyl/N-ethyl adjacent to an activating group) is 1. The average Bonchev–Trinajstić information content (AvgIpc) is 2.24. The molecule has 2 aliphatic rings. The summed E-state index contributed by atoms with van der Waals surface area (Å²) in [6, 6.07) is 0.581. The molecular weight excluding hydrogens is 258 g/mol. The Balaban J connectivity index is 1.70. The molecule has 0 aromatic heterocycles. The fraction of sp³-hybridized carbons (Fsp3) is 0.857. The highest BCUT2D eigenvalue weighted by atomic mass is 16.6. The normalized spacial score (nSPS) is 28.0. The molecule has 1 N–H and O–H groups in total. The van der Waals surface area contributed by atoms with Crippen LogP contribution in [0.1, 0.15) is 33.6 Å². The number of alkyl carbamates (subject to hydrolysis) is 1. The Morgan fingerprint density at radius 2 is 1.95 bits per heavy atom. The first-order chi connectivity index (χ1) is 9.24. The minimum absolute atomic E-state index is 0.171. The molecule has 114 valence electrons. The summed E-state index contributed by atoms with van der Waals surface area (Å²) in [5.74, 6) is 0.180. The van der Waals surface area contributed by atoms with E-state index in [1.807, 2.05) is 27.8 Å². The topological polar surface area (TPSA) is 61.9 Å². The zero-order valence-electron chi connectivity index (χ0n) is 12.8. The molecule has 20 heavy (non-hydrogen) atoms. The molecule has 2 fully saturated rings. The van der Waals surface area contributed by atoms with Gasteiger partial charge in [-0.1, -0.05) is 0 Å². The number of amides is 2. The monoisotopic (exact) mass is 283 g/mol. The van der Waals surface area contributed by atoms with Gasteiger partial charge in [0.15, 0.2) is 0 Å². The van der Waals surface area contributed by atoms with Crippen molar-refractivity contribution in [2.24, 2.45) is 0 Å². The van der Waals surface area contributed by atoms with Crippen LogP contribution in [-0.4, -0.2) is 66.2 Å². The van der Waals surface area contributed by atoms with Gasteiger partial charge in [0.2, 0.25) is 5.91 Å². The Morgan fingerprint density at radius 3 is 2.50 bits per heavy atom. The van der Waals surface area contributed by atoms with Crippen molar-refractivity contribution in [2.45, 2.75) is 51.3 Å². The van der Waals surface area contributed by atoms with E-state index in [9.17, 15) is 9.59 Å². The van der Waals surface area contributed by atoms with E-state index in [4.69, 9.17) is 4.74 Å². The molecule has 2 amide bonds. The van der Waals surface area contributed by atoms with Crippen LogP contribution in [0.15, 0.2) is 0 Å². The third kappa shape index (κ3) is 3.85. The lowest BCUT2D eigenvalue weighted by atomic mass is 9.85. The molecule has 1 saturated heterocycles. The summed E-state index contributed by atoms with van der Waals surface area (Å²) in [6.07, 6.45) is 1.45. The van der Waals surface area contributed by atoms with Gasteiger partial charge in [0.05, 0.1) is 6.54 Å². The first kappa shape index (κ1) is 15.1. The van der Waals surface area contributed by atoms with Crippen LogP contribution in [0.4, 0.5) is 4.79 Å². The van der Waals surface area contributed by atoms with Gasteiger partial charge in [0.1, 0.15) is 5.60 Å². The van der Waals surface area contributed by atoms with Crippen LogP contribution in [0, 0.1) is 0 Å². The van der Waals surface area contributed by atoms with Crippen molar-refractivity contribution in [3.05, 3.63) is 0 Å². The smallest absolute Gasteiger partial charge is 0.407 e. The Morgan fingerprint density at radius 1 is 1.30 bits per heavy atom. The van der Waals surface area contributed by atoms with E-state index < -0.39 is 5.60 Å². The molecule has 1 aliphatic heterocycles. The standard InChI is InChI=1S/C14H25N3O3/c1-14(2,3)20-13(19)15-10-7-11(8-10)17-6-5-16(4)12(18)9-17/h10-11H,5-9H2,1-4H3,(H,15,19). The molecule has 1 saturated carbocycles. The molecule has 1 heterocycles. The molecule has 2 rings (SSSR count).